The van der Waals surface area contributed by atoms with E-state index < -0.39 is 16.6 Å². The SMILES string of the molecule is O=C(CCn1c(=O)oc2cc([N+](=O)[O-])ccc21)OCc1c(Cl)cccc1Cl. The fourth-order valence-corrected chi connectivity index (χ4v) is 2.99. The van der Waals surface area contributed by atoms with E-state index in [1.54, 1.807) is 18.2 Å². The Hall–Kier alpha value is -2.84. The lowest BCUT2D eigenvalue weighted by molar-refractivity contribution is -0.384. The maximum absolute atomic E-state index is 12.0. The highest BCUT2D eigenvalue weighted by Gasteiger charge is 2.16. The van der Waals surface area contributed by atoms with Crippen molar-refractivity contribution in [2.24, 2.45) is 0 Å². The van der Waals surface area contributed by atoms with Crippen LogP contribution in [0.15, 0.2) is 45.6 Å². The van der Waals surface area contributed by atoms with Crippen LogP contribution >= 0.6 is 23.2 Å². The van der Waals surface area contributed by atoms with Gasteiger partial charge in [0.15, 0.2) is 5.58 Å². The van der Waals surface area contributed by atoms with Gasteiger partial charge in [-0.2, -0.15) is 0 Å². The van der Waals surface area contributed by atoms with Gasteiger partial charge < -0.3 is 9.15 Å². The van der Waals surface area contributed by atoms with Gasteiger partial charge >= 0.3 is 11.7 Å². The Kier molecular flexibility index (Phi) is 5.48. The van der Waals surface area contributed by atoms with E-state index in [-0.39, 0.29) is 30.8 Å². The third-order valence-electron chi connectivity index (χ3n) is 3.84. The van der Waals surface area contributed by atoms with Crippen molar-refractivity contribution in [3.63, 3.8) is 0 Å². The molecule has 0 N–H and O–H groups in total. The number of esters is 1. The molecule has 10 heteroatoms. The molecule has 0 spiro atoms. The smallest absolute Gasteiger partial charge is 0.419 e. The third-order valence-corrected chi connectivity index (χ3v) is 4.55. The number of nitro groups is 1. The predicted molar refractivity (Wildman–Crippen MR) is 98.0 cm³/mol. The molecule has 0 aliphatic heterocycles. The Balaban J connectivity index is 1.68. The van der Waals surface area contributed by atoms with Gasteiger partial charge in [-0.3, -0.25) is 19.5 Å². The number of benzene rings is 2. The van der Waals surface area contributed by atoms with Crippen LogP contribution in [0.5, 0.6) is 0 Å². The number of aryl methyl sites for hydroxylation is 1. The third kappa shape index (κ3) is 4.12. The molecule has 0 radical (unpaired) electrons. The fraction of sp³-hybridized carbons (Fsp3) is 0.176. The van der Waals surface area contributed by atoms with Crippen LogP contribution in [0.4, 0.5) is 5.69 Å². The summed E-state index contributed by atoms with van der Waals surface area (Å²) in [7, 11) is 0. The number of hydrogen-bond donors (Lipinski definition) is 0. The highest BCUT2D eigenvalue weighted by molar-refractivity contribution is 6.35. The quantitative estimate of drug-likeness (QED) is 0.346. The number of aromatic nitrogens is 1. The van der Waals surface area contributed by atoms with Crippen LogP contribution in [0, 0.1) is 10.1 Å². The Morgan fingerprint density at radius 1 is 1.22 bits per heavy atom. The summed E-state index contributed by atoms with van der Waals surface area (Å²) in [5.74, 6) is -1.28. The first kappa shape index (κ1) is 18.9. The van der Waals surface area contributed by atoms with E-state index >= 15 is 0 Å². The topological polar surface area (TPSA) is 105 Å². The molecule has 140 valence electrons. The van der Waals surface area contributed by atoms with Crippen molar-refractivity contribution in [1.82, 2.24) is 4.57 Å². The molecule has 0 aliphatic rings. The maximum atomic E-state index is 12.0. The van der Waals surface area contributed by atoms with Crippen LogP contribution in [0.1, 0.15) is 12.0 Å². The van der Waals surface area contributed by atoms with Crippen molar-refractivity contribution in [3.05, 3.63) is 72.7 Å². The van der Waals surface area contributed by atoms with Gasteiger partial charge in [-0.05, 0) is 18.2 Å². The van der Waals surface area contributed by atoms with Crippen LogP contribution < -0.4 is 5.76 Å². The molecule has 1 aromatic heterocycles. The van der Waals surface area contributed by atoms with Gasteiger partial charge in [0.2, 0.25) is 0 Å². The summed E-state index contributed by atoms with van der Waals surface area (Å²) < 4.78 is 11.4. The standard InChI is InChI=1S/C17H12Cl2N2O6/c18-12-2-1-3-13(19)11(12)9-26-16(22)6-7-20-14-5-4-10(21(24)25)8-15(14)27-17(20)23/h1-5,8H,6-7,9H2. The molecule has 3 aromatic rings. The normalized spacial score (nSPS) is 10.9. The molecule has 1 heterocycles. The van der Waals surface area contributed by atoms with Crippen molar-refractivity contribution in [1.29, 1.82) is 0 Å². The number of carbonyl (C=O) groups excluding carboxylic acids is 1. The average molecular weight is 411 g/mol. The lowest BCUT2D eigenvalue weighted by atomic mass is 10.2. The first-order valence-electron chi connectivity index (χ1n) is 7.73. The number of ether oxygens (including phenoxy) is 1. The summed E-state index contributed by atoms with van der Waals surface area (Å²) >= 11 is 12.0. The largest absolute Gasteiger partial charge is 0.461 e. The van der Waals surface area contributed by atoms with Gasteiger partial charge in [0, 0.05) is 28.2 Å². The summed E-state index contributed by atoms with van der Waals surface area (Å²) in [4.78, 5) is 34.1. The predicted octanol–water partition coefficient (Wildman–Crippen LogP) is 3.94. The van der Waals surface area contributed by atoms with E-state index in [4.69, 9.17) is 32.4 Å². The second-order valence-electron chi connectivity index (χ2n) is 5.54. The van der Waals surface area contributed by atoms with E-state index in [2.05, 4.69) is 0 Å². The number of nitro benzene ring substituents is 1. The minimum absolute atomic E-state index is 0.00126. The van der Waals surface area contributed by atoms with Crippen molar-refractivity contribution in [2.45, 2.75) is 19.6 Å². The summed E-state index contributed by atoms with van der Waals surface area (Å²) in [5, 5.41) is 11.6. The van der Waals surface area contributed by atoms with E-state index in [0.29, 0.717) is 21.1 Å². The number of fused-ring (bicyclic) bond motifs is 1. The van der Waals surface area contributed by atoms with Crippen molar-refractivity contribution in [2.75, 3.05) is 0 Å². The number of nitrogens with zero attached hydrogens (tertiary/aromatic N) is 2. The summed E-state index contributed by atoms with van der Waals surface area (Å²) in [6.07, 6.45) is -0.104. The zero-order chi connectivity index (χ0) is 19.6. The number of hydrogen-bond acceptors (Lipinski definition) is 6. The van der Waals surface area contributed by atoms with Crippen molar-refractivity contribution < 1.29 is 18.9 Å². The number of oxazole rings is 1. The zero-order valence-corrected chi connectivity index (χ0v) is 15.2. The summed E-state index contributed by atoms with van der Waals surface area (Å²) in [5.41, 5.74) is 0.727. The molecule has 27 heavy (non-hydrogen) atoms. The molecule has 0 bridgehead atoms. The molecular weight excluding hydrogens is 399 g/mol. The molecule has 0 saturated carbocycles. The van der Waals surface area contributed by atoms with E-state index in [9.17, 15) is 19.7 Å². The second kappa shape index (κ2) is 7.81. The Labute approximate surface area is 162 Å². The van der Waals surface area contributed by atoms with Gasteiger partial charge in [0.1, 0.15) is 6.61 Å². The molecule has 8 nitrogen and oxygen atoms in total. The first-order valence-corrected chi connectivity index (χ1v) is 8.48. The zero-order valence-electron chi connectivity index (χ0n) is 13.7. The van der Waals surface area contributed by atoms with E-state index in [0.717, 1.165) is 6.07 Å². The first-order chi connectivity index (χ1) is 12.9. The molecule has 2 aromatic carbocycles. The Morgan fingerprint density at radius 3 is 2.59 bits per heavy atom. The summed E-state index contributed by atoms with van der Waals surface area (Å²) in [6, 6.07) is 8.75. The number of rotatable bonds is 6. The molecular formula is C17H12Cl2N2O6. The number of halogens is 2. The van der Waals surface area contributed by atoms with Gasteiger partial charge in [-0.1, -0.05) is 29.3 Å². The Morgan fingerprint density at radius 2 is 1.93 bits per heavy atom. The highest BCUT2D eigenvalue weighted by atomic mass is 35.5. The molecule has 0 aliphatic carbocycles. The minimum Gasteiger partial charge on any atom is -0.461 e. The van der Waals surface area contributed by atoms with Gasteiger partial charge in [0.25, 0.3) is 5.69 Å². The Bertz CT molecular complexity index is 1070. The minimum atomic E-state index is -0.715. The average Bonchev–Trinajstić information content (AvgIpc) is 2.93. The number of carbonyl (C=O) groups is 1. The lowest BCUT2D eigenvalue weighted by Gasteiger charge is -2.08. The van der Waals surface area contributed by atoms with Gasteiger partial charge in [-0.15, -0.1) is 0 Å². The second-order valence-corrected chi connectivity index (χ2v) is 6.35. The highest BCUT2D eigenvalue weighted by Crippen LogP contribution is 2.25. The van der Waals surface area contributed by atoms with Crippen LogP contribution in [-0.4, -0.2) is 15.5 Å². The summed E-state index contributed by atoms with van der Waals surface area (Å²) in [6.45, 7) is -0.0939. The monoisotopic (exact) mass is 410 g/mol. The van der Waals surface area contributed by atoms with Gasteiger partial charge in [0.05, 0.1) is 22.9 Å². The van der Waals surface area contributed by atoms with Crippen LogP contribution in [0.2, 0.25) is 10.0 Å². The lowest BCUT2D eigenvalue weighted by Crippen LogP contribution is -2.17. The fourth-order valence-electron chi connectivity index (χ4n) is 2.48. The molecule has 3 rings (SSSR count). The van der Waals surface area contributed by atoms with Gasteiger partial charge in [-0.25, -0.2) is 4.79 Å². The number of non-ortho nitro benzene ring substituents is 1. The molecule has 0 saturated heterocycles. The van der Waals surface area contributed by atoms with Crippen molar-refractivity contribution in [3.8, 4) is 0 Å². The van der Waals surface area contributed by atoms with Crippen LogP contribution in [-0.2, 0) is 22.7 Å². The van der Waals surface area contributed by atoms with Crippen LogP contribution in [0.25, 0.3) is 11.1 Å². The van der Waals surface area contributed by atoms with Crippen LogP contribution in [0.3, 0.4) is 0 Å². The van der Waals surface area contributed by atoms with Crippen molar-refractivity contribution >= 4 is 46.0 Å². The molecule has 0 amide bonds. The van der Waals surface area contributed by atoms with E-state index in [1.165, 1.54) is 16.7 Å². The molecule has 0 atom stereocenters. The molecule has 0 unspecified atom stereocenters. The molecule has 0 fully saturated rings. The maximum Gasteiger partial charge on any atom is 0.419 e. The van der Waals surface area contributed by atoms with E-state index in [1.807, 2.05) is 0 Å².